The SMILES string of the molecule is C/C=C/c1ccccc1Oc1cc(CO)ccn1. The van der Waals surface area contributed by atoms with Crippen LogP contribution < -0.4 is 4.74 Å². The van der Waals surface area contributed by atoms with Gasteiger partial charge in [-0.15, -0.1) is 0 Å². The van der Waals surface area contributed by atoms with Crippen LogP contribution in [0, 0.1) is 0 Å². The van der Waals surface area contributed by atoms with Crippen LogP contribution in [0.3, 0.4) is 0 Å². The summed E-state index contributed by atoms with van der Waals surface area (Å²) in [6.07, 6.45) is 5.56. The third-order valence-electron chi connectivity index (χ3n) is 2.46. The van der Waals surface area contributed by atoms with Gasteiger partial charge in [0.15, 0.2) is 0 Å². The predicted octanol–water partition coefficient (Wildman–Crippen LogP) is 3.40. The molecule has 0 atom stereocenters. The molecule has 0 bridgehead atoms. The molecule has 0 saturated heterocycles. The molecule has 92 valence electrons. The van der Waals surface area contributed by atoms with Crippen LogP contribution in [0.15, 0.2) is 48.7 Å². The fraction of sp³-hybridized carbons (Fsp3) is 0.133. The van der Waals surface area contributed by atoms with Crippen molar-refractivity contribution in [3.63, 3.8) is 0 Å². The maximum atomic E-state index is 9.07. The smallest absolute Gasteiger partial charge is 0.219 e. The lowest BCUT2D eigenvalue weighted by molar-refractivity contribution is 0.281. The molecular formula is C15H15NO2. The summed E-state index contributed by atoms with van der Waals surface area (Å²) in [6.45, 7) is 1.94. The van der Waals surface area contributed by atoms with E-state index in [9.17, 15) is 0 Å². The zero-order valence-corrected chi connectivity index (χ0v) is 10.2. The van der Waals surface area contributed by atoms with Gasteiger partial charge in [-0.1, -0.05) is 30.4 Å². The second-order valence-corrected chi connectivity index (χ2v) is 3.80. The van der Waals surface area contributed by atoms with Crippen molar-refractivity contribution in [1.82, 2.24) is 4.98 Å². The number of rotatable bonds is 4. The zero-order chi connectivity index (χ0) is 12.8. The summed E-state index contributed by atoms with van der Waals surface area (Å²) in [7, 11) is 0. The largest absolute Gasteiger partial charge is 0.438 e. The van der Waals surface area contributed by atoms with E-state index in [4.69, 9.17) is 9.84 Å². The molecule has 0 amide bonds. The Balaban J connectivity index is 2.27. The number of ether oxygens (including phenoxy) is 1. The second kappa shape index (κ2) is 5.98. The average molecular weight is 241 g/mol. The fourth-order valence-electron chi connectivity index (χ4n) is 1.61. The summed E-state index contributed by atoms with van der Waals surface area (Å²) in [6, 6.07) is 11.2. The standard InChI is InChI=1S/C15H15NO2/c1-2-5-13-6-3-4-7-14(13)18-15-10-12(11-17)8-9-16-15/h2-10,17H,11H2,1H3/b5-2+. The topological polar surface area (TPSA) is 42.4 Å². The zero-order valence-electron chi connectivity index (χ0n) is 10.2. The van der Waals surface area contributed by atoms with Gasteiger partial charge < -0.3 is 9.84 Å². The molecule has 1 N–H and O–H groups in total. The van der Waals surface area contributed by atoms with Gasteiger partial charge in [-0.25, -0.2) is 4.98 Å². The number of allylic oxidation sites excluding steroid dienone is 1. The van der Waals surface area contributed by atoms with Crippen LogP contribution in [0.4, 0.5) is 0 Å². The molecule has 0 aliphatic rings. The number of aliphatic hydroxyl groups is 1. The van der Waals surface area contributed by atoms with E-state index in [0.29, 0.717) is 5.88 Å². The van der Waals surface area contributed by atoms with E-state index in [2.05, 4.69) is 4.98 Å². The first-order valence-electron chi connectivity index (χ1n) is 5.79. The Hall–Kier alpha value is -2.13. The molecule has 0 saturated carbocycles. The Morgan fingerprint density at radius 3 is 2.89 bits per heavy atom. The minimum Gasteiger partial charge on any atom is -0.438 e. The maximum absolute atomic E-state index is 9.07. The molecule has 18 heavy (non-hydrogen) atoms. The number of nitrogens with zero attached hydrogens (tertiary/aromatic N) is 1. The van der Waals surface area contributed by atoms with Crippen LogP contribution in [0.5, 0.6) is 11.6 Å². The summed E-state index contributed by atoms with van der Waals surface area (Å²) in [4.78, 5) is 4.13. The molecular weight excluding hydrogens is 226 g/mol. The van der Waals surface area contributed by atoms with Crippen molar-refractivity contribution in [2.24, 2.45) is 0 Å². The van der Waals surface area contributed by atoms with Crippen LogP contribution in [-0.2, 0) is 6.61 Å². The van der Waals surface area contributed by atoms with Crippen molar-refractivity contribution in [3.8, 4) is 11.6 Å². The third-order valence-corrected chi connectivity index (χ3v) is 2.46. The van der Waals surface area contributed by atoms with E-state index < -0.39 is 0 Å². The number of pyridine rings is 1. The van der Waals surface area contributed by atoms with Crippen molar-refractivity contribution in [3.05, 3.63) is 59.8 Å². The predicted molar refractivity (Wildman–Crippen MR) is 71.4 cm³/mol. The fourth-order valence-corrected chi connectivity index (χ4v) is 1.61. The van der Waals surface area contributed by atoms with Crippen LogP contribution in [0.25, 0.3) is 6.08 Å². The molecule has 3 nitrogen and oxygen atoms in total. The lowest BCUT2D eigenvalue weighted by atomic mass is 10.2. The molecule has 2 rings (SSSR count). The minimum atomic E-state index is -0.0185. The monoisotopic (exact) mass is 241 g/mol. The van der Waals surface area contributed by atoms with Crippen LogP contribution in [-0.4, -0.2) is 10.1 Å². The minimum absolute atomic E-state index is 0.0185. The van der Waals surface area contributed by atoms with Gasteiger partial charge in [0.05, 0.1) is 6.61 Å². The van der Waals surface area contributed by atoms with Crippen molar-refractivity contribution < 1.29 is 9.84 Å². The van der Waals surface area contributed by atoms with Gasteiger partial charge >= 0.3 is 0 Å². The Morgan fingerprint density at radius 1 is 1.28 bits per heavy atom. The normalized spacial score (nSPS) is 10.8. The van der Waals surface area contributed by atoms with E-state index in [1.807, 2.05) is 43.3 Å². The molecule has 1 aromatic carbocycles. The Kier molecular flexibility index (Phi) is 4.10. The number of aliphatic hydroxyl groups excluding tert-OH is 1. The molecule has 1 heterocycles. The summed E-state index contributed by atoms with van der Waals surface area (Å²) in [5, 5.41) is 9.07. The first-order valence-corrected chi connectivity index (χ1v) is 5.79. The van der Waals surface area contributed by atoms with Gasteiger partial charge in [0, 0.05) is 17.8 Å². The van der Waals surface area contributed by atoms with E-state index >= 15 is 0 Å². The third kappa shape index (κ3) is 2.96. The second-order valence-electron chi connectivity index (χ2n) is 3.80. The quantitative estimate of drug-likeness (QED) is 0.892. The van der Waals surface area contributed by atoms with Gasteiger partial charge in [-0.3, -0.25) is 0 Å². The van der Waals surface area contributed by atoms with Gasteiger partial charge in [0.1, 0.15) is 5.75 Å². The Bertz CT molecular complexity index is 550. The van der Waals surface area contributed by atoms with Crippen LogP contribution in [0.2, 0.25) is 0 Å². The van der Waals surface area contributed by atoms with Crippen LogP contribution in [0.1, 0.15) is 18.1 Å². The van der Waals surface area contributed by atoms with Gasteiger partial charge in [-0.2, -0.15) is 0 Å². The molecule has 1 aromatic heterocycles. The highest BCUT2D eigenvalue weighted by Gasteiger charge is 2.03. The van der Waals surface area contributed by atoms with Gasteiger partial charge in [0.2, 0.25) is 5.88 Å². The van der Waals surface area contributed by atoms with Crippen molar-refractivity contribution in [2.45, 2.75) is 13.5 Å². The number of hydrogen-bond acceptors (Lipinski definition) is 3. The Morgan fingerprint density at radius 2 is 2.11 bits per heavy atom. The first-order chi connectivity index (χ1) is 8.83. The summed E-state index contributed by atoms with van der Waals surface area (Å²) in [5.74, 6) is 1.23. The highest BCUT2D eigenvalue weighted by molar-refractivity contribution is 5.57. The Labute approximate surface area is 106 Å². The summed E-state index contributed by atoms with van der Waals surface area (Å²) >= 11 is 0. The molecule has 0 spiro atoms. The summed E-state index contributed by atoms with van der Waals surface area (Å²) < 4.78 is 5.73. The molecule has 0 aliphatic carbocycles. The van der Waals surface area contributed by atoms with Crippen molar-refractivity contribution in [2.75, 3.05) is 0 Å². The average Bonchev–Trinajstić information content (AvgIpc) is 2.41. The van der Waals surface area contributed by atoms with Crippen LogP contribution >= 0.6 is 0 Å². The first kappa shape index (κ1) is 12.3. The van der Waals surface area contributed by atoms with E-state index in [1.54, 1.807) is 18.3 Å². The molecule has 0 fully saturated rings. The highest BCUT2D eigenvalue weighted by Crippen LogP contribution is 2.25. The summed E-state index contributed by atoms with van der Waals surface area (Å²) in [5.41, 5.74) is 1.78. The van der Waals surface area contributed by atoms with Crippen molar-refractivity contribution in [1.29, 1.82) is 0 Å². The number of para-hydroxylation sites is 1. The molecule has 0 unspecified atom stereocenters. The lowest BCUT2D eigenvalue weighted by Crippen LogP contribution is -1.92. The molecule has 2 aromatic rings. The molecule has 0 radical (unpaired) electrons. The van der Waals surface area contributed by atoms with E-state index in [0.717, 1.165) is 16.9 Å². The molecule has 0 aliphatic heterocycles. The highest BCUT2D eigenvalue weighted by atomic mass is 16.5. The number of aromatic nitrogens is 1. The van der Waals surface area contributed by atoms with Gasteiger partial charge in [-0.05, 0) is 24.6 Å². The van der Waals surface area contributed by atoms with Crippen molar-refractivity contribution >= 4 is 6.08 Å². The van der Waals surface area contributed by atoms with E-state index in [1.165, 1.54) is 0 Å². The lowest BCUT2D eigenvalue weighted by Gasteiger charge is -2.08. The van der Waals surface area contributed by atoms with Gasteiger partial charge in [0.25, 0.3) is 0 Å². The number of hydrogen-bond donors (Lipinski definition) is 1. The molecule has 3 heteroatoms. The van der Waals surface area contributed by atoms with E-state index in [-0.39, 0.29) is 6.61 Å². The maximum Gasteiger partial charge on any atom is 0.219 e. The number of benzene rings is 1.